The molecule has 2 heterocycles. The van der Waals surface area contributed by atoms with E-state index >= 15 is 0 Å². The van der Waals surface area contributed by atoms with Crippen LogP contribution in [0, 0.1) is 18.3 Å². The fourth-order valence-corrected chi connectivity index (χ4v) is 5.31. The molecule has 0 saturated carbocycles. The highest BCUT2D eigenvalue weighted by Crippen LogP contribution is 2.26. The number of nitrogens with zero attached hydrogens (tertiary/aromatic N) is 3. The third-order valence-corrected chi connectivity index (χ3v) is 7.89. The van der Waals surface area contributed by atoms with Crippen molar-refractivity contribution in [1.29, 1.82) is 0 Å². The maximum Gasteiger partial charge on any atom is 0.255 e. The highest BCUT2D eigenvalue weighted by atomic mass is 16.5. The third kappa shape index (κ3) is 9.30. The van der Waals surface area contributed by atoms with E-state index in [2.05, 4.69) is 70.9 Å². The highest BCUT2D eigenvalue weighted by molar-refractivity contribution is 5.97. The normalized spacial score (nSPS) is 13.5. The first-order valence-electron chi connectivity index (χ1n) is 15.2. The van der Waals surface area contributed by atoms with Gasteiger partial charge in [-0.2, -0.15) is 0 Å². The van der Waals surface area contributed by atoms with Gasteiger partial charge in [0.15, 0.2) is 0 Å². The van der Waals surface area contributed by atoms with Crippen LogP contribution in [0.4, 0.5) is 0 Å². The minimum Gasteiger partial charge on any atom is -0.497 e. The molecule has 43 heavy (non-hydrogen) atoms. The van der Waals surface area contributed by atoms with Crippen LogP contribution in [-0.2, 0) is 6.54 Å². The third-order valence-electron chi connectivity index (χ3n) is 7.89. The first-order valence-corrected chi connectivity index (χ1v) is 15.2. The average molecular weight is 574 g/mol. The summed E-state index contributed by atoms with van der Waals surface area (Å²) in [5, 5.41) is 0. The van der Waals surface area contributed by atoms with Gasteiger partial charge < -0.3 is 14.5 Å². The van der Waals surface area contributed by atoms with Crippen LogP contribution in [0.1, 0.15) is 54.6 Å². The Morgan fingerprint density at radius 3 is 2.09 bits per heavy atom. The van der Waals surface area contributed by atoms with Crippen molar-refractivity contribution in [3.63, 3.8) is 0 Å². The lowest BCUT2D eigenvalue weighted by Crippen LogP contribution is -2.47. The lowest BCUT2D eigenvalue weighted by Gasteiger charge is -2.39. The number of hydrogen-bond donors (Lipinski definition) is 0. The number of ether oxygens (including phenoxy) is 1. The lowest BCUT2D eigenvalue weighted by molar-refractivity contribution is 0.0546. The summed E-state index contributed by atoms with van der Waals surface area (Å²) < 4.78 is 5.28. The van der Waals surface area contributed by atoms with Crippen molar-refractivity contribution in [2.24, 2.45) is 5.92 Å². The number of benzene rings is 3. The molecule has 5 rings (SSSR count). The Kier molecular flexibility index (Phi) is 11.9. The molecule has 1 saturated heterocycles. The smallest absolute Gasteiger partial charge is 0.255 e. The standard InChI is InChI=1S/C33H38N2O2.C5H5N/c1-5-27-8-6-7-9-32(27)33(36)35(30-19-22-34(23-20-30)21-18-25(2)3)24-26-10-12-28(13-11-26)29-14-16-31(37-4)17-15-29;1-2-4-6-5-3-1/h1,6-17,25,30H,18-24H2,2-4H3;1-5H. The molecule has 1 aliphatic rings. The van der Waals surface area contributed by atoms with E-state index in [1.807, 2.05) is 54.6 Å². The number of rotatable bonds is 9. The van der Waals surface area contributed by atoms with Gasteiger partial charge >= 0.3 is 0 Å². The molecule has 0 spiro atoms. The Labute approximate surface area is 257 Å². The van der Waals surface area contributed by atoms with Gasteiger partial charge in [-0.05, 0) is 84.8 Å². The van der Waals surface area contributed by atoms with Gasteiger partial charge in [-0.1, -0.05) is 74.4 Å². The summed E-state index contributed by atoms with van der Waals surface area (Å²) in [6, 6.07) is 30.0. The van der Waals surface area contributed by atoms with E-state index < -0.39 is 0 Å². The van der Waals surface area contributed by atoms with Crippen LogP contribution in [-0.4, -0.2) is 53.5 Å². The van der Waals surface area contributed by atoms with Gasteiger partial charge in [0.2, 0.25) is 0 Å². The minimum absolute atomic E-state index is 0.0217. The molecular formula is C38H43N3O2. The molecule has 0 unspecified atom stereocenters. The second kappa shape index (κ2) is 16.3. The van der Waals surface area contributed by atoms with Crippen LogP contribution in [0.2, 0.25) is 0 Å². The van der Waals surface area contributed by atoms with Gasteiger partial charge in [0.25, 0.3) is 5.91 Å². The summed E-state index contributed by atoms with van der Waals surface area (Å²) in [5.74, 6) is 4.27. The van der Waals surface area contributed by atoms with Crippen molar-refractivity contribution < 1.29 is 9.53 Å². The molecule has 1 aliphatic heterocycles. The van der Waals surface area contributed by atoms with Crippen molar-refractivity contribution >= 4 is 5.91 Å². The molecule has 1 amide bonds. The number of aromatic nitrogens is 1. The van der Waals surface area contributed by atoms with Crippen molar-refractivity contribution in [2.45, 2.75) is 45.7 Å². The van der Waals surface area contributed by atoms with Crippen LogP contribution < -0.4 is 4.74 Å². The van der Waals surface area contributed by atoms with Gasteiger partial charge in [-0.25, -0.2) is 0 Å². The molecule has 0 N–H and O–H groups in total. The predicted molar refractivity (Wildman–Crippen MR) is 176 cm³/mol. The number of amides is 1. The molecule has 0 bridgehead atoms. The van der Waals surface area contributed by atoms with Crippen molar-refractivity contribution in [2.75, 3.05) is 26.7 Å². The number of methoxy groups -OCH3 is 1. The summed E-state index contributed by atoms with van der Waals surface area (Å²) in [7, 11) is 1.67. The lowest BCUT2D eigenvalue weighted by atomic mass is 9.98. The van der Waals surface area contributed by atoms with Gasteiger partial charge in [-0.15, -0.1) is 6.42 Å². The second-order valence-electron chi connectivity index (χ2n) is 11.3. The molecule has 5 heteroatoms. The maximum atomic E-state index is 13.9. The molecule has 1 aromatic heterocycles. The maximum absolute atomic E-state index is 13.9. The zero-order valence-corrected chi connectivity index (χ0v) is 25.7. The van der Waals surface area contributed by atoms with Crippen molar-refractivity contribution in [3.05, 3.63) is 120 Å². The second-order valence-corrected chi connectivity index (χ2v) is 11.3. The molecular weight excluding hydrogens is 530 g/mol. The van der Waals surface area contributed by atoms with E-state index in [1.165, 1.54) is 6.42 Å². The van der Waals surface area contributed by atoms with Gasteiger partial charge in [0, 0.05) is 43.6 Å². The molecule has 5 nitrogen and oxygen atoms in total. The highest BCUT2D eigenvalue weighted by Gasteiger charge is 2.29. The molecule has 0 atom stereocenters. The van der Waals surface area contributed by atoms with Crippen molar-refractivity contribution in [3.8, 4) is 29.2 Å². The topological polar surface area (TPSA) is 45.7 Å². The molecule has 3 aromatic carbocycles. The monoisotopic (exact) mass is 573 g/mol. The van der Waals surface area contributed by atoms with Crippen LogP contribution >= 0.6 is 0 Å². The summed E-state index contributed by atoms with van der Waals surface area (Å²) in [5.41, 5.74) is 4.66. The summed E-state index contributed by atoms with van der Waals surface area (Å²) in [6.45, 7) is 8.29. The summed E-state index contributed by atoms with van der Waals surface area (Å²) in [6.07, 6.45) is 12.4. The number of carbonyl (C=O) groups is 1. The number of pyridine rings is 1. The van der Waals surface area contributed by atoms with Crippen molar-refractivity contribution in [1.82, 2.24) is 14.8 Å². The fraction of sp³-hybridized carbons (Fsp3) is 0.316. The van der Waals surface area contributed by atoms with E-state index in [9.17, 15) is 4.79 Å². The van der Waals surface area contributed by atoms with Gasteiger partial charge in [0.05, 0.1) is 12.7 Å². The Balaban J connectivity index is 0.000000628. The Morgan fingerprint density at radius 2 is 1.56 bits per heavy atom. The van der Waals surface area contributed by atoms with Crippen LogP contribution in [0.5, 0.6) is 5.75 Å². The zero-order chi connectivity index (χ0) is 30.4. The summed E-state index contributed by atoms with van der Waals surface area (Å²) >= 11 is 0. The van der Waals surface area contributed by atoms with Crippen LogP contribution in [0.25, 0.3) is 11.1 Å². The zero-order valence-electron chi connectivity index (χ0n) is 25.7. The molecule has 222 valence electrons. The molecule has 4 aromatic rings. The van der Waals surface area contributed by atoms with Crippen LogP contribution in [0.3, 0.4) is 0 Å². The minimum atomic E-state index is 0.0217. The summed E-state index contributed by atoms with van der Waals surface area (Å²) in [4.78, 5) is 22.3. The van der Waals surface area contributed by atoms with E-state index in [4.69, 9.17) is 11.2 Å². The predicted octanol–water partition coefficient (Wildman–Crippen LogP) is 7.58. The fourth-order valence-electron chi connectivity index (χ4n) is 5.31. The quantitative estimate of drug-likeness (QED) is 0.194. The molecule has 1 fully saturated rings. The Bertz CT molecular complexity index is 1410. The number of likely N-dealkylation sites (tertiary alicyclic amines) is 1. The first kappa shape index (κ1) is 31.5. The average Bonchev–Trinajstić information content (AvgIpc) is 3.07. The van der Waals surface area contributed by atoms with E-state index in [0.717, 1.165) is 54.9 Å². The molecule has 0 radical (unpaired) electrons. The SMILES string of the molecule is C#Cc1ccccc1C(=O)N(Cc1ccc(-c2ccc(OC)cc2)cc1)C1CCN(CCC(C)C)CC1.c1ccncc1. The number of carbonyl (C=O) groups excluding carboxylic acids is 1. The van der Waals surface area contributed by atoms with Gasteiger partial charge in [-0.3, -0.25) is 9.78 Å². The number of piperidine rings is 1. The number of terminal acetylenes is 1. The van der Waals surface area contributed by atoms with E-state index in [1.54, 1.807) is 19.5 Å². The van der Waals surface area contributed by atoms with E-state index in [0.29, 0.717) is 23.6 Å². The van der Waals surface area contributed by atoms with Gasteiger partial charge in [0.1, 0.15) is 5.75 Å². The van der Waals surface area contributed by atoms with E-state index in [-0.39, 0.29) is 11.9 Å². The Hall–Kier alpha value is -4.40. The van der Waals surface area contributed by atoms with Crippen LogP contribution in [0.15, 0.2) is 103 Å². The Morgan fingerprint density at radius 1 is 0.930 bits per heavy atom. The molecule has 0 aliphatic carbocycles. The first-order chi connectivity index (χ1) is 21.0. The largest absolute Gasteiger partial charge is 0.497 e. The number of hydrogen-bond acceptors (Lipinski definition) is 4.